The fourth-order valence-corrected chi connectivity index (χ4v) is 3.43. The maximum absolute atomic E-state index is 4.77. The molecule has 0 bridgehead atoms. The molecule has 0 radical (unpaired) electrons. The van der Waals surface area contributed by atoms with Gasteiger partial charge in [-0.1, -0.05) is 36.9 Å². The predicted molar refractivity (Wildman–Crippen MR) is 119 cm³/mol. The van der Waals surface area contributed by atoms with Gasteiger partial charge in [-0.25, -0.2) is 9.50 Å². The van der Waals surface area contributed by atoms with Crippen molar-refractivity contribution in [2.45, 2.75) is 20.8 Å². The van der Waals surface area contributed by atoms with E-state index >= 15 is 0 Å². The van der Waals surface area contributed by atoms with E-state index < -0.39 is 0 Å². The molecule has 4 rings (SSSR count). The summed E-state index contributed by atoms with van der Waals surface area (Å²) < 4.78 is 1.88. The van der Waals surface area contributed by atoms with Crippen LogP contribution >= 0.6 is 0 Å². The SMILES string of the molecule is C=Cc1[nH]n2c(-c3ccccc3)nnc2c1Nc1ccc(N(CC)CC)nc1C. The van der Waals surface area contributed by atoms with Gasteiger partial charge in [-0.3, -0.25) is 5.10 Å². The number of rotatable bonds is 7. The van der Waals surface area contributed by atoms with Gasteiger partial charge in [0.05, 0.1) is 17.1 Å². The van der Waals surface area contributed by atoms with Gasteiger partial charge < -0.3 is 10.2 Å². The first kappa shape index (κ1) is 18.7. The van der Waals surface area contributed by atoms with Crippen molar-refractivity contribution in [3.05, 3.63) is 60.4 Å². The molecule has 0 saturated carbocycles. The van der Waals surface area contributed by atoms with Crippen LogP contribution < -0.4 is 10.2 Å². The average molecular weight is 387 g/mol. The lowest BCUT2D eigenvalue weighted by Crippen LogP contribution is -2.23. The van der Waals surface area contributed by atoms with Crippen molar-refractivity contribution >= 4 is 28.9 Å². The molecule has 3 aromatic heterocycles. The molecule has 0 aliphatic rings. The van der Waals surface area contributed by atoms with Crippen LogP contribution in [0.25, 0.3) is 23.1 Å². The molecule has 29 heavy (non-hydrogen) atoms. The highest BCUT2D eigenvalue weighted by Gasteiger charge is 2.18. The molecule has 2 N–H and O–H groups in total. The third-order valence-corrected chi connectivity index (χ3v) is 5.04. The van der Waals surface area contributed by atoms with Crippen molar-refractivity contribution in [2.24, 2.45) is 0 Å². The number of aromatic amines is 1. The van der Waals surface area contributed by atoms with Crippen LogP contribution in [0.5, 0.6) is 0 Å². The molecule has 0 spiro atoms. The van der Waals surface area contributed by atoms with Gasteiger partial charge in [0.1, 0.15) is 11.5 Å². The second-order valence-corrected chi connectivity index (χ2v) is 6.75. The third-order valence-electron chi connectivity index (χ3n) is 5.04. The number of nitrogens with one attached hydrogen (secondary N) is 2. The number of hydrogen-bond donors (Lipinski definition) is 2. The van der Waals surface area contributed by atoms with E-state index in [4.69, 9.17) is 4.98 Å². The summed E-state index contributed by atoms with van der Waals surface area (Å²) in [6.07, 6.45) is 1.78. The summed E-state index contributed by atoms with van der Waals surface area (Å²) in [7, 11) is 0. The zero-order valence-electron chi connectivity index (χ0n) is 17.0. The minimum Gasteiger partial charge on any atom is -0.357 e. The van der Waals surface area contributed by atoms with Crippen molar-refractivity contribution in [1.29, 1.82) is 0 Å². The number of benzene rings is 1. The van der Waals surface area contributed by atoms with E-state index in [1.165, 1.54) is 0 Å². The van der Waals surface area contributed by atoms with Crippen LogP contribution in [0, 0.1) is 6.92 Å². The molecule has 0 amide bonds. The Morgan fingerprint density at radius 3 is 2.52 bits per heavy atom. The minimum atomic E-state index is 0.714. The zero-order chi connectivity index (χ0) is 20.4. The topological polar surface area (TPSA) is 74.1 Å². The van der Waals surface area contributed by atoms with Gasteiger partial charge in [0.25, 0.3) is 0 Å². The van der Waals surface area contributed by atoms with E-state index in [1.807, 2.05) is 47.8 Å². The monoisotopic (exact) mass is 387 g/mol. The van der Waals surface area contributed by atoms with E-state index in [2.05, 4.69) is 52.0 Å². The molecule has 3 heterocycles. The van der Waals surface area contributed by atoms with Gasteiger partial charge in [0, 0.05) is 18.7 Å². The zero-order valence-corrected chi connectivity index (χ0v) is 17.0. The van der Waals surface area contributed by atoms with Gasteiger partial charge in [-0.2, -0.15) is 0 Å². The number of nitrogens with zero attached hydrogens (tertiary/aromatic N) is 5. The Morgan fingerprint density at radius 2 is 1.86 bits per heavy atom. The Bertz CT molecular complexity index is 1140. The molecule has 1 aromatic carbocycles. The second-order valence-electron chi connectivity index (χ2n) is 6.75. The van der Waals surface area contributed by atoms with Crippen molar-refractivity contribution in [3.63, 3.8) is 0 Å². The molecule has 7 nitrogen and oxygen atoms in total. The first-order chi connectivity index (χ1) is 14.2. The fraction of sp³-hybridized carbons (Fsp3) is 0.227. The van der Waals surface area contributed by atoms with Gasteiger partial charge in [-0.15, -0.1) is 10.2 Å². The standard InChI is InChI=1S/C22H25N7/c1-5-17-20(24-18-13-14-19(23-15(18)4)28(6-2)7-3)22-26-25-21(29(22)27-17)16-11-9-8-10-12-16/h5,8-14,24,27H,1,6-7H2,2-4H3. The summed E-state index contributed by atoms with van der Waals surface area (Å²) in [6.45, 7) is 12.1. The molecule has 0 unspecified atom stereocenters. The fourth-order valence-electron chi connectivity index (χ4n) is 3.43. The van der Waals surface area contributed by atoms with Crippen LogP contribution in [0.15, 0.2) is 49.0 Å². The molecule has 4 aromatic rings. The average Bonchev–Trinajstić information content (AvgIpc) is 3.31. The summed E-state index contributed by atoms with van der Waals surface area (Å²) in [5.41, 5.74) is 5.23. The molecule has 0 aliphatic carbocycles. The molecule has 0 saturated heterocycles. The predicted octanol–water partition coefficient (Wildman–Crippen LogP) is 4.66. The van der Waals surface area contributed by atoms with E-state index in [9.17, 15) is 0 Å². The number of H-pyrrole nitrogens is 1. The van der Waals surface area contributed by atoms with E-state index in [0.29, 0.717) is 5.65 Å². The number of fused-ring (bicyclic) bond motifs is 1. The Labute approximate surface area is 170 Å². The smallest absolute Gasteiger partial charge is 0.201 e. The molecule has 0 fully saturated rings. The number of aromatic nitrogens is 5. The number of aryl methyl sites for hydroxylation is 1. The highest BCUT2D eigenvalue weighted by atomic mass is 15.4. The quantitative estimate of drug-likeness (QED) is 0.482. The summed E-state index contributed by atoms with van der Waals surface area (Å²) in [6, 6.07) is 14.1. The molecular formula is C22H25N7. The van der Waals surface area contributed by atoms with E-state index in [0.717, 1.165) is 53.1 Å². The number of anilines is 3. The largest absolute Gasteiger partial charge is 0.357 e. The lowest BCUT2D eigenvalue weighted by molar-refractivity contribution is 0.843. The normalized spacial score (nSPS) is 11.0. The first-order valence-corrected chi connectivity index (χ1v) is 9.80. The summed E-state index contributed by atoms with van der Waals surface area (Å²) in [4.78, 5) is 7.00. The van der Waals surface area contributed by atoms with Gasteiger partial charge in [0.2, 0.25) is 5.65 Å². The summed E-state index contributed by atoms with van der Waals surface area (Å²) >= 11 is 0. The maximum atomic E-state index is 4.77. The number of hydrogen-bond acceptors (Lipinski definition) is 5. The molecule has 0 atom stereocenters. The Balaban J connectivity index is 1.73. The van der Waals surface area contributed by atoms with Crippen LogP contribution in [0.4, 0.5) is 17.2 Å². The third kappa shape index (κ3) is 3.35. The van der Waals surface area contributed by atoms with Crippen molar-refractivity contribution in [2.75, 3.05) is 23.3 Å². The Hall–Kier alpha value is -3.61. The highest BCUT2D eigenvalue weighted by Crippen LogP contribution is 2.30. The lowest BCUT2D eigenvalue weighted by atomic mass is 10.2. The lowest BCUT2D eigenvalue weighted by Gasteiger charge is -2.21. The Kier molecular flexibility index (Phi) is 5.03. The second kappa shape index (κ2) is 7.79. The van der Waals surface area contributed by atoms with E-state index in [1.54, 1.807) is 6.08 Å². The first-order valence-electron chi connectivity index (χ1n) is 9.80. The van der Waals surface area contributed by atoms with Crippen molar-refractivity contribution < 1.29 is 0 Å². The van der Waals surface area contributed by atoms with Crippen molar-refractivity contribution in [3.8, 4) is 11.4 Å². The van der Waals surface area contributed by atoms with Crippen LogP contribution in [0.1, 0.15) is 25.2 Å². The summed E-state index contributed by atoms with van der Waals surface area (Å²) in [5, 5.41) is 15.6. The van der Waals surface area contributed by atoms with E-state index in [-0.39, 0.29) is 0 Å². The summed E-state index contributed by atoms with van der Waals surface area (Å²) in [5.74, 6) is 1.73. The van der Waals surface area contributed by atoms with Crippen molar-refractivity contribution in [1.82, 2.24) is 24.8 Å². The van der Waals surface area contributed by atoms with Crippen LogP contribution in [0.3, 0.4) is 0 Å². The molecular weight excluding hydrogens is 362 g/mol. The van der Waals surface area contributed by atoms with Gasteiger partial charge in [-0.05, 0) is 39.0 Å². The number of pyridine rings is 1. The minimum absolute atomic E-state index is 0.714. The molecule has 0 aliphatic heterocycles. The van der Waals surface area contributed by atoms with Gasteiger partial charge >= 0.3 is 0 Å². The molecule has 7 heteroatoms. The maximum Gasteiger partial charge on any atom is 0.201 e. The van der Waals surface area contributed by atoms with Crippen LogP contribution in [0.2, 0.25) is 0 Å². The van der Waals surface area contributed by atoms with Crippen LogP contribution in [-0.2, 0) is 0 Å². The highest BCUT2D eigenvalue weighted by molar-refractivity contribution is 5.83. The Morgan fingerprint density at radius 1 is 1.10 bits per heavy atom. The van der Waals surface area contributed by atoms with Crippen LogP contribution in [-0.4, -0.2) is 37.9 Å². The van der Waals surface area contributed by atoms with Gasteiger partial charge in [0.15, 0.2) is 5.82 Å². The molecule has 148 valence electrons.